The van der Waals surface area contributed by atoms with Crippen LogP contribution in [0.5, 0.6) is 0 Å². The Morgan fingerprint density at radius 1 is 1.06 bits per heavy atom. The Hall–Kier alpha value is -3.19. The summed E-state index contributed by atoms with van der Waals surface area (Å²) in [5.74, 6) is -0.337. The molecule has 1 aliphatic heterocycles. The minimum Gasteiger partial charge on any atom is -0.294 e. The van der Waals surface area contributed by atoms with E-state index in [2.05, 4.69) is 9.97 Å². The number of anilines is 2. The van der Waals surface area contributed by atoms with Gasteiger partial charge in [0.25, 0.3) is 0 Å². The highest BCUT2D eigenvalue weighted by atomic mass is 32.2. The van der Waals surface area contributed by atoms with Gasteiger partial charge < -0.3 is 0 Å². The van der Waals surface area contributed by atoms with Crippen molar-refractivity contribution < 1.29 is 17.6 Å². The zero-order valence-electron chi connectivity index (χ0n) is 18.5. The van der Waals surface area contributed by atoms with Gasteiger partial charge >= 0.3 is 6.03 Å². The normalized spacial score (nSPS) is 14.5. The Morgan fingerprint density at radius 3 is 2.43 bits per heavy atom. The number of aromatic nitrogens is 2. The van der Waals surface area contributed by atoms with E-state index in [0.717, 1.165) is 21.8 Å². The van der Waals surface area contributed by atoms with Gasteiger partial charge in [-0.3, -0.25) is 14.8 Å². The number of halogens is 1. The summed E-state index contributed by atoms with van der Waals surface area (Å²) < 4.78 is 38.1. The molecule has 1 saturated heterocycles. The first-order valence-corrected chi connectivity index (χ1v) is 13.8. The molecule has 8 nitrogen and oxygen atoms in total. The number of carbonyl (C=O) groups is 1. The first kappa shape index (κ1) is 23.5. The molecule has 0 spiro atoms. The van der Waals surface area contributed by atoms with Crippen LogP contribution in [0.3, 0.4) is 0 Å². The van der Waals surface area contributed by atoms with Gasteiger partial charge in [0.05, 0.1) is 16.1 Å². The lowest BCUT2D eigenvalue weighted by Gasteiger charge is -2.34. The third-order valence-corrected chi connectivity index (χ3v) is 9.19. The lowest BCUT2D eigenvalue weighted by molar-refractivity contribution is 0.248. The zero-order valence-corrected chi connectivity index (χ0v) is 21.0. The molecule has 0 radical (unpaired) electrons. The van der Waals surface area contributed by atoms with Crippen molar-refractivity contribution in [1.29, 1.82) is 0 Å². The molecule has 5 rings (SSSR count). The van der Waals surface area contributed by atoms with Gasteiger partial charge in [0, 0.05) is 30.5 Å². The molecule has 0 saturated carbocycles. The van der Waals surface area contributed by atoms with Crippen molar-refractivity contribution in [3.8, 4) is 21.6 Å². The number of rotatable bonds is 5. The summed E-state index contributed by atoms with van der Waals surface area (Å²) in [6.45, 7) is 2.46. The maximum Gasteiger partial charge on any atom is 0.330 e. The van der Waals surface area contributed by atoms with E-state index in [4.69, 9.17) is 5.14 Å². The fourth-order valence-electron chi connectivity index (χ4n) is 3.97. The van der Waals surface area contributed by atoms with Gasteiger partial charge in [0.2, 0.25) is 10.0 Å². The van der Waals surface area contributed by atoms with Crippen LogP contribution in [0, 0.1) is 12.7 Å². The summed E-state index contributed by atoms with van der Waals surface area (Å²) in [7, 11) is -3.92. The number of nitrogens with two attached hydrogens (primary N) is 1. The molecule has 2 amide bonds. The summed E-state index contributed by atoms with van der Waals surface area (Å²) in [4.78, 5) is 25.6. The lowest BCUT2D eigenvalue weighted by atomic mass is 10.0. The molecule has 0 bridgehead atoms. The highest BCUT2D eigenvalue weighted by molar-refractivity contribution is 7.91. The molecule has 2 aromatic heterocycles. The van der Waals surface area contributed by atoms with E-state index in [1.807, 2.05) is 0 Å². The molecular weight excluding hydrogens is 509 g/mol. The number of thiazole rings is 2. The first-order chi connectivity index (χ1) is 16.7. The Bertz CT molecular complexity index is 1500. The highest BCUT2D eigenvalue weighted by Gasteiger charge is 2.31. The van der Waals surface area contributed by atoms with E-state index in [9.17, 15) is 17.6 Å². The maximum absolute atomic E-state index is 14.6. The number of hydrogen-bond donors (Lipinski definition) is 1. The molecule has 4 aromatic rings. The van der Waals surface area contributed by atoms with Crippen LogP contribution in [0.15, 0.2) is 58.4 Å². The molecule has 12 heteroatoms. The van der Waals surface area contributed by atoms with Crippen molar-refractivity contribution >= 4 is 49.5 Å². The van der Waals surface area contributed by atoms with Crippen molar-refractivity contribution in [2.24, 2.45) is 5.14 Å². The number of nitrogens with zero attached hydrogens (tertiary/aromatic N) is 4. The number of primary sulfonamides is 1. The molecule has 2 N–H and O–H groups in total. The van der Waals surface area contributed by atoms with Crippen molar-refractivity contribution in [1.82, 2.24) is 9.97 Å². The van der Waals surface area contributed by atoms with Crippen LogP contribution in [-0.2, 0) is 10.0 Å². The monoisotopic (exact) mass is 529 g/mol. The summed E-state index contributed by atoms with van der Waals surface area (Å²) in [5, 5.41) is 5.55. The Labute approximate surface area is 209 Å². The molecule has 2 aromatic carbocycles. The van der Waals surface area contributed by atoms with Crippen molar-refractivity contribution in [2.75, 3.05) is 22.9 Å². The van der Waals surface area contributed by atoms with E-state index < -0.39 is 10.0 Å². The number of sulfonamides is 1. The minimum atomic E-state index is -3.92. The van der Waals surface area contributed by atoms with Gasteiger partial charge in [0.15, 0.2) is 9.34 Å². The van der Waals surface area contributed by atoms with Gasteiger partial charge in [-0.2, -0.15) is 0 Å². The van der Waals surface area contributed by atoms with E-state index in [-0.39, 0.29) is 21.8 Å². The number of benzene rings is 2. The van der Waals surface area contributed by atoms with Gasteiger partial charge in [-0.15, -0.1) is 11.3 Å². The third kappa shape index (κ3) is 4.57. The second-order valence-corrected chi connectivity index (χ2v) is 11.6. The number of amides is 2. The smallest absolute Gasteiger partial charge is 0.294 e. The second kappa shape index (κ2) is 9.11. The molecular formula is C23H20FN5O3S3. The summed E-state index contributed by atoms with van der Waals surface area (Å²) >= 11 is 2.37. The van der Waals surface area contributed by atoms with Gasteiger partial charge in [-0.05, 0) is 48.7 Å². The molecule has 180 valence electrons. The highest BCUT2D eigenvalue weighted by Crippen LogP contribution is 2.34. The SMILES string of the molecule is Cc1nc(N2CCCN(c3ccc(-c4cc(-c5cncs5)ccc4F)cc3)C2=O)sc1S(N)(=O)=O. The Balaban J connectivity index is 1.41. The quantitative estimate of drug-likeness (QED) is 0.397. The number of carbonyl (C=O) groups excluding carboxylic acids is 1. The molecule has 35 heavy (non-hydrogen) atoms. The third-order valence-electron chi connectivity index (χ3n) is 5.63. The zero-order chi connectivity index (χ0) is 24.7. The lowest BCUT2D eigenvalue weighted by Crippen LogP contribution is -2.49. The molecule has 0 aliphatic carbocycles. The molecule has 1 fully saturated rings. The topological polar surface area (TPSA) is 109 Å². The van der Waals surface area contributed by atoms with Gasteiger partial charge in [-0.25, -0.2) is 27.7 Å². The standard InChI is InChI=1S/C23H20FN5O3S3/c1-14-21(35(25,31)32)34-22(27-14)29-10-2-9-28(23(29)30)17-6-3-15(4-7-17)18-11-16(5-8-19(18)24)20-12-26-13-33-20/h3-8,11-13H,2,9-10H2,1H3,(H2,25,31,32). The van der Waals surface area contributed by atoms with Crippen LogP contribution in [0.1, 0.15) is 12.1 Å². The average Bonchev–Trinajstić information content (AvgIpc) is 3.50. The van der Waals surface area contributed by atoms with Crippen LogP contribution in [0.2, 0.25) is 0 Å². The van der Waals surface area contributed by atoms with Crippen LogP contribution >= 0.6 is 22.7 Å². The molecule has 0 unspecified atom stereocenters. The summed E-state index contributed by atoms with van der Waals surface area (Å²) in [5.41, 5.74) is 4.68. The van der Waals surface area contributed by atoms with Crippen molar-refractivity contribution in [2.45, 2.75) is 17.6 Å². The van der Waals surface area contributed by atoms with Crippen molar-refractivity contribution in [3.05, 3.63) is 65.7 Å². The molecule has 3 heterocycles. The van der Waals surface area contributed by atoms with Crippen LogP contribution < -0.4 is 14.9 Å². The molecule has 1 aliphatic rings. The van der Waals surface area contributed by atoms with E-state index in [1.165, 1.54) is 22.3 Å². The van der Waals surface area contributed by atoms with Crippen LogP contribution in [0.25, 0.3) is 21.6 Å². The van der Waals surface area contributed by atoms with Crippen molar-refractivity contribution in [3.63, 3.8) is 0 Å². The largest absolute Gasteiger partial charge is 0.330 e. The van der Waals surface area contributed by atoms with Crippen LogP contribution in [0.4, 0.5) is 20.0 Å². The number of hydrogen-bond acceptors (Lipinski definition) is 7. The maximum atomic E-state index is 14.6. The summed E-state index contributed by atoms with van der Waals surface area (Å²) in [6.07, 6.45) is 2.41. The Morgan fingerprint density at radius 2 is 1.77 bits per heavy atom. The van der Waals surface area contributed by atoms with E-state index in [1.54, 1.807) is 59.9 Å². The second-order valence-electron chi connectivity index (χ2n) is 7.96. The van der Waals surface area contributed by atoms with E-state index >= 15 is 0 Å². The summed E-state index contributed by atoms with van der Waals surface area (Å²) in [6, 6.07) is 11.8. The Kier molecular flexibility index (Phi) is 6.13. The van der Waals surface area contributed by atoms with E-state index in [0.29, 0.717) is 41.5 Å². The average molecular weight is 530 g/mol. The predicted octanol–water partition coefficient (Wildman–Crippen LogP) is 4.87. The number of urea groups is 1. The first-order valence-electron chi connectivity index (χ1n) is 10.6. The van der Waals surface area contributed by atoms with Gasteiger partial charge in [0.1, 0.15) is 5.82 Å². The van der Waals surface area contributed by atoms with Crippen LogP contribution in [-0.4, -0.2) is 37.5 Å². The molecule has 0 atom stereocenters. The predicted molar refractivity (Wildman–Crippen MR) is 136 cm³/mol. The minimum absolute atomic E-state index is 0.0515. The fourth-order valence-corrected chi connectivity index (χ4v) is 6.56. The fraction of sp³-hybridized carbons (Fsp3) is 0.174. The van der Waals surface area contributed by atoms with Gasteiger partial charge in [-0.1, -0.05) is 29.5 Å². The number of aryl methyl sites for hydroxylation is 1.